The van der Waals surface area contributed by atoms with Gasteiger partial charge >= 0.3 is 0 Å². The largest absolute Gasteiger partial charge is 0.490 e. The molecule has 5 rings (SSSR count). The molecule has 0 radical (unpaired) electrons. The molecule has 8 heteroatoms. The van der Waals surface area contributed by atoms with E-state index in [1.807, 2.05) is 32.2 Å². The first-order chi connectivity index (χ1) is 20.6. The zero-order chi connectivity index (χ0) is 30.7. The van der Waals surface area contributed by atoms with Crippen LogP contribution in [0.15, 0.2) is 66.5 Å². The summed E-state index contributed by atoms with van der Waals surface area (Å²) < 4.78 is 26.2. The van der Waals surface area contributed by atoms with Crippen molar-refractivity contribution in [3.8, 4) is 22.8 Å². The number of nitrogens with two attached hydrogens (primary N) is 1. The van der Waals surface area contributed by atoms with Gasteiger partial charge < -0.3 is 20.5 Å². The average Bonchev–Trinajstić information content (AvgIpc) is 3.32. The first-order valence-corrected chi connectivity index (χ1v) is 15.0. The molecule has 0 fully saturated rings. The molecule has 1 aliphatic heterocycles. The van der Waals surface area contributed by atoms with Crippen LogP contribution in [0.5, 0.6) is 11.5 Å². The summed E-state index contributed by atoms with van der Waals surface area (Å²) in [4.78, 5) is 9.65. The van der Waals surface area contributed by atoms with Crippen LogP contribution in [-0.2, 0) is 18.3 Å². The van der Waals surface area contributed by atoms with Gasteiger partial charge in [-0.1, -0.05) is 44.5 Å². The van der Waals surface area contributed by atoms with Crippen LogP contribution in [0.25, 0.3) is 27.9 Å². The highest BCUT2D eigenvalue weighted by Crippen LogP contribution is 2.44. The molecule has 0 spiro atoms. The highest BCUT2D eigenvalue weighted by atomic mass is 35.5. The fourth-order valence-electron chi connectivity index (χ4n) is 5.19. The summed E-state index contributed by atoms with van der Waals surface area (Å²) in [6.45, 7) is 11.8. The molecule has 224 valence electrons. The summed E-state index contributed by atoms with van der Waals surface area (Å²) >= 11 is 6.13. The molecule has 4 aromatic rings. The molecular weight excluding hydrogens is 563 g/mol. The van der Waals surface area contributed by atoms with Gasteiger partial charge in [0.15, 0.2) is 0 Å². The molecule has 43 heavy (non-hydrogen) atoms. The van der Waals surface area contributed by atoms with Gasteiger partial charge in [-0.15, -0.1) is 0 Å². The number of halogens is 2. The molecule has 0 bridgehead atoms. The van der Waals surface area contributed by atoms with E-state index in [1.54, 1.807) is 12.1 Å². The Balaban J connectivity index is 1.42. The molecule has 2 aromatic heterocycles. The molecule has 2 aromatic carbocycles. The number of fused-ring (bicyclic) bond motifs is 2. The Labute approximate surface area is 257 Å². The first kappa shape index (κ1) is 30.4. The zero-order valence-electron chi connectivity index (χ0n) is 25.4. The number of pyridine rings is 2. The van der Waals surface area contributed by atoms with Gasteiger partial charge in [0.25, 0.3) is 0 Å². The van der Waals surface area contributed by atoms with Gasteiger partial charge in [0.2, 0.25) is 0 Å². The minimum absolute atomic E-state index is 0.0588. The first-order valence-electron chi connectivity index (χ1n) is 14.6. The highest BCUT2D eigenvalue weighted by molar-refractivity contribution is 6.31. The molecule has 0 unspecified atom stereocenters. The Kier molecular flexibility index (Phi) is 8.92. The summed E-state index contributed by atoms with van der Waals surface area (Å²) in [7, 11) is 0. The van der Waals surface area contributed by atoms with Crippen LogP contribution in [0.1, 0.15) is 57.0 Å². The van der Waals surface area contributed by atoms with E-state index in [1.165, 1.54) is 6.07 Å². The maximum atomic E-state index is 13.9. The number of hydrogen-bond donors (Lipinski definition) is 2. The number of nitrogens with zero attached hydrogens (tertiary/aromatic N) is 2. The lowest BCUT2D eigenvalue weighted by Crippen LogP contribution is -2.19. The Hall–Kier alpha value is -4.10. The molecule has 0 saturated heterocycles. The summed E-state index contributed by atoms with van der Waals surface area (Å²) in [5, 5.41) is 4.67. The van der Waals surface area contributed by atoms with Crippen molar-refractivity contribution in [1.29, 1.82) is 0 Å². The molecule has 3 heterocycles. The van der Waals surface area contributed by atoms with E-state index in [0.29, 0.717) is 36.7 Å². The number of allylic oxidation sites excluding steroid dienone is 2. The highest BCUT2D eigenvalue weighted by Gasteiger charge is 2.35. The van der Waals surface area contributed by atoms with Crippen molar-refractivity contribution in [2.24, 2.45) is 5.73 Å². The van der Waals surface area contributed by atoms with Gasteiger partial charge in [0.05, 0.1) is 11.6 Å². The SMILES string of the molecule is C/C=C(\N)COc1cc(/C(=C/C)NCCc2cc3c(c(-c4ccc(F)c(Cl)c4)n2)OCC3(C)C)cc2cc(CC)cnc12. The smallest absolute Gasteiger partial charge is 0.149 e. The second-order valence-electron chi connectivity index (χ2n) is 11.4. The number of hydrogen-bond acceptors (Lipinski definition) is 6. The third kappa shape index (κ3) is 6.47. The van der Waals surface area contributed by atoms with E-state index >= 15 is 0 Å². The van der Waals surface area contributed by atoms with E-state index in [4.69, 9.17) is 36.8 Å². The van der Waals surface area contributed by atoms with Crippen molar-refractivity contribution >= 4 is 28.2 Å². The second kappa shape index (κ2) is 12.6. The molecule has 1 aliphatic rings. The van der Waals surface area contributed by atoms with Crippen LogP contribution in [0.2, 0.25) is 5.02 Å². The van der Waals surface area contributed by atoms with Gasteiger partial charge in [0, 0.05) is 63.7 Å². The summed E-state index contributed by atoms with van der Waals surface area (Å²) in [6, 6.07) is 13.1. The van der Waals surface area contributed by atoms with E-state index in [-0.39, 0.29) is 17.0 Å². The lowest BCUT2D eigenvalue weighted by atomic mass is 9.86. The zero-order valence-corrected chi connectivity index (χ0v) is 26.1. The third-order valence-corrected chi connectivity index (χ3v) is 8.09. The van der Waals surface area contributed by atoms with Crippen LogP contribution in [0, 0.1) is 5.82 Å². The fourth-order valence-corrected chi connectivity index (χ4v) is 5.37. The molecule has 0 amide bonds. The molecule has 6 nitrogen and oxygen atoms in total. The van der Waals surface area contributed by atoms with E-state index in [0.717, 1.165) is 56.7 Å². The number of nitrogens with one attached hydrogen (secondary N) is 1. The second-order valence-corrected chi connectivity index (χ2v) is 11.8. The van der Waals surface area contributed by atoms with Gasteiger partial charge in [0.1, 0.15) is 35.1 Å². The van der Waals surface area contributed by atoms with E-state index < -0.39 is 5.82 Å². The Bertz CT molecular complexity index is 1730. The number of benzene rings is 2. The van der Waals surface area contributed by atoms with E-state index in [2.05, 4.69) is 50.4 Å². The van der Waals surface area contributed by atoms with Crippen molar-refractivity contribution < 1.29 is 13.9 Å². The van der Waals surface area contributed by atoms with E-state index in [9.17, 15) is 4.39 Å². The van der Waals surface area contributed by atoms with Gasteiger partial charge in [-0.25, -0.2) is 9.37 Å². The molecule has 0 aliphatic carbocycles. The average molecular weight is 601 g/mol. The summed E-state index contributed by atoms with van der Waals surface area (Å²) in [5.74, 6) is 0.962. The Morgan fingerprint density at radius 1 is 1.16 bits per heavy atom. The Morgan fingerprint density at radius 3 is 2.70 bits per heavy atom. The lowest BCUT2D eigenvalue weighted by molar-refractivity contribution is 0.291. The number of ether oxygens (including phenoxy) is 2. The third-order valence-electron chi connectivity index (χ3n) is 7.80. The quantitative estimate of drug-likeness (QED) is 0.194. The molecule has 0 atom stereocenters. The van der Waals surface area contributed by atoms with Crippen molar-refractivity contribution in [3.63, 3.8) is 0 Å². The Morgan fingerprint density at radius 2 is 1.98 bits per heavy atom. The number of aromatic nitrogens is 2. The fraction of sp³-hybridized carbons (Fsp3) is 0.314. The minimum Gasteiger partial charge on any atom is -0.490 e. The van der Waals surface area contributed by atoms with Crippen LogP contribution in [0.3, 0.4) is 0 Å². The van der Waals surface area contributed by atoms with Crippen LogP contribution >= 0.6 is 11.6 Å². The lowest BCUT2D eigenvalue weighted by Gasteiger charge is -2.18. The van der Waals surface area contributed by atoms with Gasteiger partial charge in [-0.05, 0) is 68.3 Å². The van der Waals surface area contributed by atoms with Crippen molar-refractivity contribution in [3.05, 3.63) is 99.7 Å². The van der Waals surface area contributed by atoms with Crippen LogP contribution < -0.4 is 20.5 Å². The predicted octanol–water partition coefficient (Wildman–Crippen LogP) is 7.76. The monoisotopic (exact) mass is 600 g/mol. The standard InChI is InChI=1S/C35H38ClFN4O2/c1-6-21-13-24-14-23(16-31(32(24)40-18-21)42-19-25(38)7-2)30(8-3)39-12-11-26-17-27-34(43-20-35(27,4)5)33(41-26)22-9-10-29(37)28(36)15-22/h7-10,13-18,39H,6,11-12,19-20,38H2,1-5H3/b25-7-,30-8-. The van der Waals surface area contributed by atoms with Crippen molar-refractivity contribution in [2.45, 2.75) is 52.9 Å². The van der Waals surface area contributed by atoms with Gasteiger partial charge in [-0.3, -0.25) is 4.98 Å². The van der Waals surface area contributed by atoms with Crippen LogP contribution in [-0.4, -0.2) is 29.7 Å². The summed E-state index contributed by atoms with van der Waals surface area (Å²) in [5.41, 5.74) is 13.9. The maximum absolute atomic E-state index is 13.9. The number of rotatable bonds is 10. The normalized spacial score (nSPS) is 14.5. The molecule has 3 N–H and O–H groups in total. The minimum atomic E-state index is -0.461. The van der Waals surface area contributed by atoms with Crippen LogP contribution in [0.4, 0.5) is 4.39 Å². The maximum Gasteiger partial charge on any atom is 0.149 e. The molecule has 0 saturated carbocycles. The molecular formula is C35H38ClFN4O2. The summed E-state index contributed by atoms with van der Waals surface area (Å²) in [6.07, 6.45) is 7.35. The predicted molar refractivity (Wildman–Crippen MR) is 173 cm³/mol. The van der Waals surface area contributed by atoms with Gasteiger partial charge in [-0.2, -0.15) is 0 Å². The topological polar surface area (TPSA) is 82.3 Å². The van der Waals surface area contributed by atoms with Crippen molar-refractivity contribution in [2.75, 3.05) is 19.8 Å². The van der Waals surface area contributed by atoms with Crippen molar-refractivity contribution in [1.82, 2.24) is 15.3 Å². The number of aryl methyl sites for hydroxylation is 1.